The summed E-state index contributed by atoms with van der Waals surface area (Å²) in [6, 6.07) is 24.6. The Bertz CT molecular complexity index is 1090. The maximum Gasteiger partial charge on any atom is 0.281 e. The molecule has 5 heteroatoms. The first-order chi connectivity index (χ1) is 14.7. The molecule has 1 aliphatic heterocycles. The molecule has 1 aliphatic rings. The van der Waals surface area contributed by atoms with Crippen LogP contribution in [-0.2, 0) is 4.79 Å². The quantitative estimate of drug-likeness (QED) is 0.553. The lowest BCUT2D eigenvalue weighted by Crippen LogP contribution is -2.21. The molecule has 0 bridgehead atoms. The Labute approximate surface area is 175 Å². The van der Waals surface area contributed by atoms with Gasteiger partial charge in [0.25, 0.3) is 5.91 Å². The summed E-state index contributed by atoms with van der Waals surface area (Å²) in [5.41, 5.74) is 3.63. The first-order valence-electron chi connectivity index (χ1n) is 9.77. The molecular weight excluding hydrogens is 376 g/mol. The molecule has 0 spiro atoms. The first-order valence-corrected chi connectivity index (χ1v) is 9.77. The number of rotatable bonds is 6. The molecule has 4 rings (SSSR count). The van der Waals surface area contributed by atoms with E-state index < -0.39 is 0 Å². The number of hydrogen-bond acceptors (Lipinski definition) is 4. The van der Waals surface area contributed by atoms with E-state index in [1.54, 1.807) is 7.11 Å². The zero-order valence-corrected chi connectivity index (χ0v) is 16.9. The van der Waals surface area contributed by atoms with Crippen molar-refractivity contribution in [2.75, 3.05) is 18.7 Å². The van der Waals surface area contributed by atoms with Gasteiger partial charge in [0.15, 0.2) is 0 Å². The zero-order valence-electron chi connectivity index (χ0n) is 16.9. The summed E-state index contributed by atoms with van der Waals surface area (Å²) in [7, 11) is 1.63. The largest absolute Gasteiger partial charge is 0.497 e. The highest BCUT2D eigenvalue weighted by Gasteiger charge is 2.32. The summed E-state index contributed by atoms with van der Waals surface area (Å²) in [6.45, 7) is 2.56. The summed E-state index contributed by atoms with van der Waals surface area (Å²) in [5, 5.41) is 6.10. The van der Waals surface area contributed by atoms with E-state index in [-0.39, 0.29) is 5.91 Å². The van der Waals surface area contributed by atoms with Crippen LogP contribution in [0.2, 0.25) is 0 Å². The third-order valence-corrected chi connectivity index (χ3v) is 4.74. The van der Waals surface area contributed by atoms with E-state index in [9.17, 15) is 4.79 Å². The fourth-order valence-corrected chi connectivity index (χ4v) is 3.24. The predicted octanol–water partition coefficient (Wildman–Crippen LogP) is 4.93. The van der Waals surface area contributed by atoms with Gasteiger partial charge in [0.2, 0.25) is 0 Å². The first kappa shape index (κ1) is 19.5. The van der Waals surface area contributed by atoms with Gasteiger partial charge >= 0.3 is 0 Å². The standard InChI is InChI=1S/C25H22N2O3/c1-3-30-22-13-9-18(10-14-22)17-23-24(19-11-15-21(29-2)16-12-19)26-27(25(23)28)20-7-5-4-6-8-20/h4-17H,3H2,1-2H3/b23-17-. The van der Waals surface area contributed by atoms with Crippen molar-refractivity contribution in [2.45, 2.75) is 6.92 Å². The van der Waals surface area contributed by atoms with E-state index in [4.69, 9.17) is 9.47 Å². The van der Waals surface area contributed by atoms with Gasteiger partial charge in [-0.1, -0.05) is 30.3 Å². The SMILES string of the molecule is CCOc1ccc(/C=C2\C(=O)N(c3ccccc3)N=C2c2ccc(OC)cc2)cc1. The number of hydrogen-bond donors (Lipinski definition) is 0. The van der Waals surface area contributed by atoms with Crippen LogP contribution in [0.5, 0.6) is 11.5 Å². The second-order valence-electron chi connectivity index (χ2n) is 6.69. The second-order valence-corrected chi connectivity index (χ2v) is 6.69. The molecule has 0 fully saturated rings. The molecule has 150 valence electrons. The molecule has 1 amide bonds. The van der Waals surface area contributed by atoms with E-state index in [2.05, 4.69) is 5.10 Å². The Morgan fingerprint density at radius 3 is 2.20 bits per heavy atom. The van der Waals surface area contributed by atoms with Crippen LogP contribution in [0.3, 0.4) is 0 Å². The average Bonchev–Trinajstić information content (AvgIpc) is 3.12. The van der Waals surface area contributed by atoms with Crippen LogP contribution in [0.25, 0.3) is 6.08 Å². The van der Waals surface area contributed by atoms with Gasteiger partial charge in [-0.15, -0.1) is 0 Å². The molecule has 0 aliphatic carbocycles. The second kappa shape index (κ2) is 8.66. The number of benzene rings is 3. The van der Waals surface area contributed by atoms with Gasteiger partial charge in [-0.25, -0.2) is 0 Å². The number of ether oxygens (including phenoxy) is 2. The Morgan fingerprint density at radius 1 is 0.900 bits per heavy atom. The van der Waals surface area contributed by atoms with Crippen molar-refractivity contribution in [2.24, 2.45) is 5.10 Å². The molecule has 0 N–H and O–H groups in total. The molecule has 0 aromatic heterocycles. The molecule has 0 unspecified atom stereocenters. The fourth-order valence-electron chi connectivity index (χ4n) is 3.24. The van der Waals surface area contributed by atoms with Gasteiger partial charge in [0.05, 0.1) is 25.0 Å². The molecule has 0 saturated heterocycles. The summed E-state index contributed by atoms with van der Waals surface area (Å²) in [4.78, 5) is 13.3. The van der Waals surface area contributed by atoms with Crippen molar-refractivity contribution in [1.29, 1.82) is 0 Å². The highest BCUT2D eigenvalue weighted by molar-refractivity contribution is 6.37. The summed E-state index contributed by atoms with van der Waals surface area (Å²) in [5.74, 6) is 1.38. The number of anilines is 1. The van der Waals surface area contributed by atoms with Gasteiger partial charge in [-0.3, -0.25) is 4.79 Å². The van der Waals surface area contributed by atoms with Gasteiger partial charge in [-0.05, 0) is 67.1 Å². The van der Waals surface area contributed by atoms with E-state index in [1.165, 1.54) is 5.01 Å². The number of nitrogens with zero attached hydrogens (tertiary/aromatic N) is 2. The third kappa shape index (κ3) is 3.96. The molecule has 5 nitrogen and oxygen atoms in total. The molecule has 0 saturated carbocycles. The van der Waals surface area contributed by atoms with Crippen molar-refractivity contribution >= 4 is 23.4 Å². The Kier molecular flexibility index (Phi) is 5.61. The number of carbonyl (C=O) groups is 1. The van der Waals surface area contributed by atoms with Crippen LogP contribution < -0.4 is 14.5 Å². The molecule has 3 aromatic carbocycles. The van der Waals surface area contributed by atoms with E-state index in [0.717, 1.165) is 28.3 Å². The highest BCUT2D eigenvalue weighted by Crippen LogP contribution is 2.28. The topological polar surface area (TPSA) is 51.1 Å². The average molecular weight is 398 g/mol. The molecule has 0 radical (unpaired) electrons. The number of para-hydroxylation sites is 1. The minimum absolute atomic E-state index is 0.166. The summed E-state index contributed by atoms with van der Waals surface area (Å²) < 4.78 is 10.8. The lowest BCUT2D eigenvalue weighted by Gasteiger charge is -2.10. The smallest absolute Gasteiger partial charge is 0.281 e. The third-order valence-electron chi connectivity index (χ3n) is 4.74. The molecule has 3 aromatic rings. The molecular formula is C25H22N2O3. The van der Waals surface area contributed by atoms with Gasteiger partial charge in [-0.2, -0.15) is 10.1 Å². The Morgan fingerprint density at radius 2 is 1.57 bits per heavy atom. The lowest BCUT2D eigenvalue weighted by molar-refractivity contribution is -0.114. The van der Waals surface area contributed by atoms with Crippen molar-refractivity contribution in [1.82, 2.24) is 0 Å². The Balaban J connectivity index is 1.75. The van der Waals surface area contributed by atoms with Crippen molar-refractivity contribution in [3.63, 3.8) is 0 Å². The summed E-state index contributed by atoms with van der Waals surface area (Å²) >= 11 is 0. The van der Waals surface area contributed by atoms with Crippen LogP contribution >= 0.6 is 0 Å². The maximum absolute atomic E-state index is 13.3. The minimum atomic E-state index is -0.166. The Hall–Kier alpha value is -3.86. The van der Waals surface area contributed by atoms with Crippen LogP contribution in [0, 0.1) is 0 Å². The minimum Gasteiger partial charge on any atom is -0.497 e. The van der Waals surface area contributed by atoms with E-state index >= 15 is 0 Å². The van der Waals surface area contributed by atoms with Crippen molar-refractivity contribution in [3.8, 4) is 11.5 Å². The highest BCUT2D eigenvalue weighted by atomic mass is 16.5. The zero-order chi connectivity index (χ0) is 20.9. The monoisotopic (exact) mass is 398 g/mol. The maximum atomic E-state index is 13.3. The van der Waals surface area contributed by atoms with Gasteiger partial charge in [0, 0.05) is 5.56 Å². The van der Waals surface area contributed by atoms with Crippen LogP contribution in [0.15, 0.2) is 89.5 Å². The van der Waals surface area contributed by atoms with Crippen LogP contribution in [-0.4, -0.2) is 25.3 Å². The number of carbonyl (C=O) groups excluding carboxylic acids is 1. The van der Waals surface area contributed by atoms with Crippen molar-refractivity contribution < 1.29 is 14.3 Å². The van der Waals surface area contributed by atoms with Gasteiger partial charge < -0.3 is 9.47 Å². The summed E-state index contributed by atoms with van der Waals surface area (Å²) in [6.07, 6.45) is 1.87. The molecule has 0 atom stereocenters. The molecule has 1 heterocycles. The number of amides is 1. The van der Waals surface area contributed by atoms with E-state index in [0.29, 0.717) is 17.9 Å². The van der Waals surface area contributed by atoms with E-state index in [1.807, 2.05) is 91.9 Å². The molecule has 30 heavy (non-hydrogen) atoms. The lowest BCUT2D eigenvalue weighted by atomic mass is 10.00. The van der Waals surface area contributed by atoms with Crippen LogP contribution in [0.1, 0.15) is 18.1 Å². The number of methoxy groups -OCH3 is 1. The number of hydrazone groups is 1. The van der Waals surface area contributed by atoms with Crippen LogP contribution in [0.4, 0.5) is 5.69 Å². The van der Waals surface area contributed by atoms with Gasteiger partial charge in [0.1, 0.15) is 17.2 Å². The normalized spacial score (nSPS) is 14.7. The fraction of sp³-hybridized carbons (Fsp3) is 0.120. The van der Waals surface area contributed by atoms with Crippen molar-refractivity contribution in [3.05, 3.63) is 95.6 Å². The predicted molar refractivity (Wildman–Crippen MR) is 119 cm³/mol.